The summed E-state index contributed by atoms with van der Waals surface area (Å²) in [6, 6.07) is 7.71. The van der Waals surface area contributed by atoms with E-state index in [9.17, 15) is 27.9 Å². The van der Waals surface area contributed by atoms with Crippen molar-refractivity contribution in [3.8, 4) is 5.75 Å². The minimum Gasteiger partial charge on any atom is -0.406 e. The fourth-order valence-electron chi connectivity index (χ4n) is 2.12. The number of benzene rings is 1. The predicted octanol–water partition coefficient (Wildman–Crippen LogP) is 1.71. The zero-order valence-corrected chi connectivity index (χ0v) is 13.6. The predicted molar refractivity (Wildman–Crippen MR) is 85.1 cm³/mol. The lowest BCUT2D eigenvalue weighted by atomic mass is 10.2. The number of hydrogen-bond donors (Lipinski definition) is 3. The Hall–Kier alpha value is -3.01. The van der Waals surface area contributed by atoms with E-state index in [2.05, 4.69) is 15.4 Å². The number of amides is 2. The molecule has 3 N–H and O–H groups in total. The molecular formula is C16H16F3N3O4. The maximum Gasteiger partial charge on any atom is 0.573 e. The van der Waals surface area contributed by atoms with Crippen molar-refractivity contribution in [1.82, 2.24) is 9.88 Å². The van der Waals surface area contributed by atoms with Gasteiger partial charge >= 0.3 is 18.2 Å². The molecule has 7 nitrogen and oxygen atoms in total. The van der Waals surface area contributed by atoms with Crippen molar-refractivity contribution >= 4 is 17.5 Å². The van der Waals surface area contributed by atoms with Gasteiger partial charge in [0.1, 0.15) is 11.9 Å². The highest BCUT2D eigenvalue weighted by Crippen LogP contribution is 2.23. The van der Waals surface area contributed by atoms with E-state index in [-0.39, 0.29) is 12.2 Å². The number of nitrogens with one attached hydrogen (secondary N) is 2. The maximum absolute atomic E-state index is 12.1. The molecule has 0 aliphatic carbocycles. The molecule has 0 spiro atoms. The summed E-state index contributed by atoms with van der Waals surface area (Å²) in [4.78, 5) is 23.5. The highest BCUT2D eigenvalue weighted by Gasteiger charge is 2.31. The molecular weight excluding hydrogens is 355 g/mol. The van der Waals surface area contributed by atoms with Crippen molar-refractivity contribution in [3.63, 3.8) is 0 Å². The van der Waals surface area contributed by atoms with E-state index in [0.29, 0.717) is 5.69 Å². The van der Waals surface area contributed by atoms with Crippen LogP contribution in [-0.2, 0) is 16.6 Å². The number of aryl methyl sites for hydroxylation is 1. The van der Waals surface area contributed by atoms with Gasteiger partial charge in [-0.1, -0.05) is 0 Å². The Morgan fingerprint density at radius 2 is 1.85 bits per heavy atom. The van der Waals surface area contributed by atoms with Crippen LogP contribution >= 0.6 is 0 Å². The summed E-state index contributed by atoms with van der Waals surface area (Å²) < 4.78 is 41.6. The van der Waals surface area contributed by atoms with Crippen molar-refractivity contribution in [2.75, 3.05) is 11.9 Å². The van der Waals surface area contributed by atoms with E-state index in [0.717, 1.165) is 24.3 Å². The number of aliphatic hydroxyl groups excluding tert-OH is 1. The second-order valence-electron chi connectivity index (χ2n) is 5.30. The van der Waals surface area contributed by atoms with E-state index in [1.165, 1.54) is 0 Å². The van der Waals surface area contributed by atoms with Gasteiger partial charge in [0, 0.05) is 31.2 Å². The van der Waals surface area contributed by atoms with Gasteiger partial charge in [-0.3, -0.25) is 9.59 Å². The third kappa shape index (κ3) is 5.52. The quantitative estimate of drug-likeness (QED) is 0.698. The molecule has 1 aromatic heterocycles. The van der Waals surface area contributed by atoms with E-state index in [1.54, 1.807) is 29.9 Å². The number of rotatable bonds is 5. The number of nitrogens with zero attached hydrogens (tertiary/aromatic N) is 1. The molecule has 0 aliphatic rings. The first-order chi connectivity index (χ1) is 12.2. The molecule has 1 atom stereocenters. The standard InChI is InChI=1S/C16H16F3N3O4/c1-22-8-2-3-12(22)13(23)9-20-14(24)15(25)21-10-4-6-11(7-5-10)26-16(17,18)19/h2-8,13,23H,9H2,1H3,(H,20,24)(H,21,25). The number of alkyl halides is 3. The largest absolute Gasteiger partial charge is 0.573 e. The van der Waals surface area contributed by atoms with Gasteiger partial charge in [-0.05, 0) is 36.4 Å². The van der Waals surface area contributed by atoms with E-state index in [1.807, 2.05) is 0 Å². The molecule has 140 valence electrons. The third-order valence-electron chi connectivity index (χ3n) is 3.33. The number of halogens is 3. The van der Waals surface area contributed by atoms with Crippen LogP contribution in [0.25, 0.3) is 0 Å². The number of aromatic nitrogens is 1. The fraction of sp³-hybridized carbons (Fsp3) is 0.250. The molecule has 0 radical (unpaired) electrons. The van der Waals surface area contributed by atoms with Gasteiger partial charge in [0.2, 0.25) is 0 Å². The van der Waals surface area contributed by atoms with Crippen LogP contribution < -0.4 is 15.4 Å². The second-order valence-corrected chi connectivity index (χ2v) is 5.30. The Kier molecular flexibility index (Phi) is 5.88. The number of anilines is 1. The first kappa shape index (κ1) is 19.3. The molecule has 0 bridgehead atoms. The van der Waals surface area contributed by atoms with Crippen LogP contribution in [0.5, 0.6) is 5.75 Å². The number of hydrogen-bond acceptors (Lipinski definition) is 4. The number of carbonyl (C=O) groups is 2. The van der Waals surface area contributed by atoms with Crippen LogP contribution in [0.1, 0.15) is 11.8 Å². The summed E-state index contributed by atoms with van der Waals surface area (Å²) >= 11 is 0. The SMILES string of the molecule is Cn1cccc1C(O)CNC(=O)C(=O)Nc1ccc(OC(F)(F)F)cc1. The summed E-state index contributed by atoms with van der Waals surface area (Å²) in [6.45, 7) is -0.178. The van der Waals surface area contributed by atoms with Gasteiger partial charge in [-0.15, -0.1) is 13.2 Å². The first-order valence-corrected chi connectivity index (χ1v) is 7.40. The topological polar surface area (TPSA) is 92.6 Å². The average molecular weight is 371 g/mol. The number of aliphatic hydroxyl groups is 1. The second kappa shape index (κ2) is 7.91. The molecule has 0 saturated carbocycles. The zero-order valence-electron chi connectivity index (χ0n) is 13.6. The van der Waals surface area contributed by atoms with E-state index in [4.69, 9.17) is 0 Å². The molecule has 10 heteroatoms. The average Bonchev–Trinajstić information content (AvgIpc) is 2.99. The van der Waals surface area contributed by atoms with Crippen LogP contribution in [0, 0.1) is 0 Å². The summed E-state index contributed by atoms with van der Waals surface area (Å²) in [7, 11) is 1.72. The highest BCUT2D eigenvalue weighted by molar-refractivity contribution is 6.39. The fourth-order valence-corrected chi connectivity index (χ4v) is 2.12. The minimum atomic E-state index is -4.82. The van der Waals surface area contributed by atoms with Crippen LogP contribution in [0.2, 0.25) is 0 Å². The Morgan fingerprint density at radius 3 is 2.38 bits per heavy atom. The lowest BCUT2D eigenvalue weighted by Gasteiger charge is -2.13. The Balaban J connectivity index is 1.85. The molecule has 1 aromatic carbocycles. The normalized spacial score (nSPS) is 12.3. The van der Waals surface area contributed by atoms with Crippen LogP contribution in [0.15, 0.2) is 42.6 Å². The summed E-state index contributed by atoms with van der Waals surface area (Å²) in [5.41, 5.74) is 0.675. The highest BCUT2D eigenvalue weighted by atomic mass is 19.4. The first-order valence-electron chi connectivity index (χ1n) is 7.40. The lowest BCUT2D eigenvalue weighted by molar-refractivity contribution is -0.274. The molecule has 26 heavy (non-hydrogen) atoms. The number of ether oxygens (including phenoxy) is 1. The minimum absolute atomic E-state index is 0.114. The van der Waals surface area contributed by atoms with Gasteiger partial charge in [0.15, 0.2) is 0 Å². The van der Waals surface area contributed by atoms with Crippen LogP contribution in [0.4, 0.5) is 18.9 Å². The van der Waals surface area contributed by atoms with Gasteiger partial charge in [0.25, 0.3) is 0 Å². The molecule has 0 aliphatic heterocycles. The number of carbonyl (C=O) groups excluding carboxylic acids is 2. The van der Waals surface area contributed by atoms with Crippen LogP contribution in [0.3, 0.4) is 0 Å². The Labute approximate surface area is 146 Å². The monoisotopic (exact) mass is 371 g/mol. The smallest absolute Gasteiger partial charge is 0.406 e. The van der Waals surface area contributed by atoms with Crippen molar-refractivity contribution in [2.45, 2.75) is 12.5 Å². The van der Waals surface area contributed by atoms with Gasteiger partial charge in [0.05, 0.1) is 0 Å². The van der Waals surface area contributed by atoms with Gasteiger partial charge in [-0.25, -0.2) is 0 Å². The summed E-state index contributed by atoms with van der Waals surface area (Å²) in [6.07, 6.45) is -4.09. The van der Waals surface area contributed by atoms with E-state index < -0.39 is 30.0 Å². The molecule has 1 unspecified atom stereocenters. The van der Waals surface area contributed by atoms with Crippen molar-refractivity contribution in [1.29, 1.82) is 0 Å². The van der Waals surface area contributed by atoms with E-state index >= 15 is 0 Å². The molecule has 2 amide bonds. The summed E-state index contributed by atoms with van der Waals surface area (Å²) in [5.74, 6) is -2.46. The third-order valence-corrected chi connectivity index (χ3v) is 3.33. The maximum atomic E-state index is 12.1. The van der Waals surface area contributed by atoms with Crippen molar-refractivity contribution in [2.24, 2.45) is 7.05 Å². The molecule has 2 aromatic rings. The molecule has 0 saturated heterocycles. The van der Waals surface area contributed by atoms with Crippen LogP contribution in [-0.4, -0.2) is 34.4 Å². The van der Waals surface area contributed by atoms with Crippen molar-refractivity contribution < 1.29 is 32.6 Å². The Bertz CT molecular complexity index is 772. The summed E-state index contributed by atoms with van der Waals surface area (Å²) in [5, 5.41) is 14.5. The molecule has 1 heterocycles. The molecule has 0 fully saturated rings. The Morgan fingerprint density at radius 1 is 1.19 bits per heavy atom. The van der Waals surface area contributed by atoms with Gasteiger partial charge in [-0.2, -0.15) is 0 Å². The molecule has 2 rings (SSSR count). The van der Waals surface area contributed by atoms with Crippen molar-refractivity contribution in [3.05, 3.63) is 48.3 Å². The lowest BCUT2D eigenvalue weighted by Crippen LogP contribution is -2.37. The zero-order chi connectivity index (χ0) is 19.3. The van der Waals surface area contributed by atoms with Gasteiger partial charge < -0.3 is 25.0 Å².